The van der Waals surface area contributed by atoms with E-state index < -0.39 is 0 Å². The Hall–Kier alpha value is -1.62. The summed E-state index contributed by atoms with van der Waals surface area (Å²) in [5.74, 6) is 0.0951. The molecule has 1 N–H and O–H groups in total. The minimum Gasteiger partial charge on any atom is -0.494 e. The standard InChI is InChI=1S/C15H21FN2O2/c1-10(11-4-6-13(16)14(8-11)20-3)17-12-5-7-15(19)18(2)9-12/h4,6,8,10,12,17H,5,7,9H2,1-3H3. The average molecular weight is 280 g/mol. The van der Waals surface area contributed by atoms with Gasteiger partial charge in [-0.25, -0.2) is 4.39 Å². The molecule has 0 bridgehead atoms. The van der Waals surface area contributed by atoms with Crippen LogP contribution in [0.4, 0.5) is 4.39 Å². The molecule has 1 aromatic rings. The summed E-state index contributed by atoms with van der Waals surface area (Å²) < 4.78 is 18.4. The van der Waals surface area contributed by atoms with Gasteiger partial charge in [-0.3, -0.25) is 4.79 Å². The molecule has 20 heavy (non-hydrogen) atoms. The Bertz CT molecular complexity index is 493. The normalized spacial score (nSPS) is 20.9. The molecule has 1 amide bonds. The van der Waals surface area contributed by atoms with Gasteiger partial charge in [0.2, 0.25) is 5.91 Å². The average Bonchev–Trinajstić information content (AvgIpc) is 2.43. The third-order valence-corrected chi connectivity index (χ3v) is 3.79. The predicted molar refractivity (Wildman–Crippen MR) is 75.2 cm³/mol. The van der Waals surface area contributed by atoms with Crippen molar-refractivity contribution in [3.05, 3.63) is 29.6 Å². The number of nitrogens with one attached hydrogen (secondary N) is 1. The van der Waals surface area contributed by atoms with Gasteiger partial charge in [-0.15, -0.1) is 0 Å². The zero-order valence-electron chi connectivity index (χ0n) is 12.1. The second-order valence-electron chi connectivity index (χ2n) is 5.29. The summed E-state index contributed by atoms with van der Waals surface area (Å²) in [7, 11) is 3.28. The van der Waals surface area contributed by atoms with Crippen LogP contribution in [0.3, 0.4) is 0 Å². The van der Waals surface area contributed by atoms with E-state index in [0.29, 0.717) is 13.0 Å². The number of hydrogen-bond acceptors (Lipinski definition) is 3. The van der Waals surface area contributed by atoms with Crippen molar-refractivity contribution in [1.29, 1.82) is 0 Å². The van der Waals surface area contributed by atoms with E-state index in [2.05, 4.69) is 5.32 Å². The highest BCUT2D eigenvalue weighted by molar-refractivity contribution is 5.76. The highest BCUT2D eigenvalue weighted by Gasteiger charge is 2.24. The molecule has 1 saturated heterocycles. The van der Waals surface area contributed by atoms with Crippen molar-refractivity contribution < 1.29 is 13.9 Å². The number of benzene rings is 1. The topological polar surface area (TPSA) is 41.6 Å². The Labute approximate surface area is 118 Å². The maximum Gasteiger partial charge on any atom is 0.222 e. The van der Waals surface area contributed by atoms with Gasteiger partial charge in [0.25, 0.3) is 0 Å². The van der Waals surface area contributed by atoms with Gasteiger partial charge in [0, 0.05) is 32.1 Å². The molecule has 1 fully saturated rings. The van der Waals surface area contributed by atoms with E-state index in [-0.39, 0.29) is 29.6 Å². The number of rotatable bonds is 4. The van der Waals surface area contributed by atoms with Gasteiger partial charge in [0.1, 0.15) is 0 Å². The number of nitrogens with zero attached hydrogens (tertiary/aromatic N) is 1. The summed E-state index contributed by atoms with van der Waals surface area (Å²) in [4.78, 5) is 13.2. The molecule has 0 saturated carbocycles. The molecule has 0 aliphatic carbocycles. The zero-order valence-corrected chi connectivity index (χ0v) is 12.1. The number of piperidine rings is 1. The Morgan fingerprint density at radius 3 is 2.90 bits per heavy atom. The largest absolute Gasteiger partial charge is 0.494 e. The van der Waals surface area contributed by atoms with Gasteiger partial charge >= 0.3 is 0 Å². The fourth-order valence-corrected chi connectivity index (χ4v) is 2.54. The lowest BCUT2D eigenvalue weighted by molar-refractivity contribution is -0.132. The minimum atomic E-state index is -0.355. The lowest BCUT2D eigenvalue weighted by Crippen LogP contribution is -2.47. The number of hydrogen-bond donors (Lipinski definition) is 1. The number of carbonyl (C=O) groups excluding carboxylic acids is 1. The first-order chi connectivity index (χ1) is 9.51. The van der Waals surface area contributed by atoms with Crippen LogP contribution in [-0.4, -0.2) is 37.6 Å². The summed E-state index contributed by atoms with van der Waals surface area (Å²) >= 11 is 0. The van der Waals surface area contributed by atoms with Crippen molar-refractivity contribution in [2.24, 2.45) is 0 Å². The van der Waals surface area contributed by atoms with Gasteiger partial charge in [0.05, 0.1) is 7.11 Å². The first-order valence-electron chi connectivity index (χ1n) is 6.84. The van der Waals surface area contributed by atoms with Gasteiger partial charge in [-0.05, 0) is 31.0 Å². The van der Waals surface area contributed by atoms with Crippen molar-refractivity contribution in [2.45, 2.75) is 31.8 Å². The third-order valence-electron chi connectivity index (χ3n) is 3.79. The van der Waals surface area contributed by atoms with Gasteiger partial charge < -0.3 is 15.0 Å². The zero-order chi connectivity index (χ0) is 14.7. The van der Waals surface area contributed by atoms with Gasteiger partial charge in [0.15, 0.2) is 11.6 Å². The van der Waals surface area contributed by atoms with E-state index in [1.807, 2.05) is 14.0 Å². The van der Waals surface area contributed by atoms with Crippen LogP contribution in [0.15, 0.2) is 18.2 Å². The van der Waals surface area contributed by atoms with Crippen LogP contribution >= 0.6 is 0 Å². The summed E-state index contributed by atoms with van der Waals surface area (Å²) in [6.07, 6.45) is 1.42. The first-order valence-corrected chi connectivity index (χ1v) is 6.84. The molecule has 2 unspecified atom stereocenters. The van der Waals surface area contributed by atoms with E-state index in [1.54, 1.807) is 17.0 Å². The van der Waals surface area contributed by atoms with Crippen molar-refractivity contribution in [1.82, 2.24) is 10.2 Å². The maximum atomic E-state index is 13.4. The molecular formula is C15H21FN2O2. The SMILES string of the molecule is COc1cc(C(C)NC2CCC(=O)N(C)C2)ccc1F. The van der Waals surface area contributed by atoms with Gasteiger partial charge in [-0.2, -0.15) is 0 Å². The molecule has 2 atom stereocenters. The van der Waals surface area contributed by atoms with Crippen LogP contribution in [0.25, 0.3) is 0 Å². The molecule has 110 valence electrons. The van der Waals surface area contributed by atoms with Crippen molar-refractivity contribution in [3.63, 3.8) is 0 Å². The number of carbonyl (C=O) groups is 1. The summed E-state index contributed by atoms with van der Waals surface area (Å²) in [5, 5.41) is 3.48. The number of ether oxygens (including phenoxy) is 1. The highest BCUT2D eigenvalue weighted by atomic mass is 19.1. The molecule has 1 heterocycles. The van der Waals surface area contributed by atoms with Crippen LogP contribution in [0.1, 0.15) is 31.4 Å². The second-order valence-corrected chi connectivity index (χ2v) is 5.29. The second kappa shape index (κ2) is 6.22. The molecule has 0 spiro atoms. The highest BCUT2D eigenvalue weighted by Crippen LogP contribution is 2.23. The minimum absolute atomic E-state index is 0.0797. The summed E-state index contributed by atoms with van der Waals surface area (Å²) in [5.41, 5.74) is 0.975. The van der Waals surface area contributed by atoms with Crippen molar-refractivity contribution in [2.75, 3.05) is 20.7 Å². The van der Waals surface area contributed by atoms with Crippen LogP contribution < -0.4 is 10.1 Å². The maximum absolute atomic E-state index is 13.4. The van der Waals surface area contributed by atoms with Crippen LogP contribution in [-0.2, 0) is 4.79 Å². The number of methoxy groups -OCH3 is 1. The van der Waals surface area contributed by atoms with Crippen LogP contribution in [0, 0.1) is 5.82 Å². The summed E-state index contributed by atoms with van der Waals surface area (Å²) in [6, 6.07) is 5.24. The molecule has 5 heteroatoms. The quantitative estimate of drug-likeness (QED) is 0.918. The molecule has 0 radical (unpaired) electrons. The Kier molecular flexibility index (Phi) is 4.60. The molecule has 1 aliphatic rings. The monoisotopic (exact) mass is 280 g/mol. The predicted octanol–water partition coefficient (Wildman–Crippen LogP) is 2.11. The Morgan fingerprint density at radius 2 is 2.25 bits per heavy atom. The van der Waals surface area contributed by atoms with E-state index in [0.717, 1.165) is 12.0 Å². The number of halogens is 1. The van der Waals surface area contributed by atoms with E-state index in [9.17, 15) is 9.18 Å². The van der Waals surface area contributed by atoms with Crippen molar-refractivity contribution >= 4 is 5.91 Å². The molecule has 2 rings (SSSR count). The van der Waals surface area contributed by atoms with E-state index >= 15 is 0 Å². The lowest BCUT2D eigenvalue weighted by Gasteiger charge is -2.32. The van der Waals surface area contributed by atoms with E-state index in [4.69, 9.17) is 4.74 Å². The molecular weight excluding hydrogens is 259 g/mol. The molecule has 1 aliphatic heterocycles. The van der Waals surface area contributed by atoms with Crippen molar-refractivity contribution in [3.8, 4) is 5.75 Å². The Balaban J connectivity index is 2.01. The number of amides is 1. The number of likely N-dealkylation sites (tertiary alicyclic amines) is 1. The molecule has 1 aromatic carbocycles. The van der Waals surface area contributed by atoms with E-state index in [1.165, 1.54) is 13.2 Å². The molecule has 4 nitrogen and oxygen atoms in total. The van der Waals surface area contributed by atoms with Crippen LogP contribution in [0.5, 0.6) is 5.75 Å². The third kappa shape index (κ3) is 3.28. The lowest BCUT2D eigenvalue weighted by atomic mass is 10.0. The number of likely N-dealkylation sites (N-methyl/N-ethyl adjacent to an activating group) is 1. The fraction of sp³-hybridized carbons (Fsp3) is 0.533. The van der Waals surface area contributed by atoms with Gasteiger partial charge in [-0.1, -0.05) is 6.07 Å². The first kappa shape index (κ1) is 14.8. The smallest absolute Gasteiger partial charge is 0.222 e. The van der Waals surface area contributed by atoms with Crippen LogP contribution in [0.2, 0.25) is 0 Å². The summed E-state index contributed by atoms with van der Waals surface area (Å²) in [6.45, 7) is 2.74. The molecule has 0 aromatic heterocycles. The fourth-order valence-electron chi connectivity index (χ4n) is 2.54. The Morgan fingerprint density at radius 1 is 1.50 bits per heavy atom.